The quantitative estimate of drug-likeness (QED) is 0.467. The van der Waals surface area contributed by atoms with Gasteiger partial charge in [-0.25, -0.2) is 8.78 Å². The zero-order chi connectivity index (χ0) is 20.8. The second kappa shape index (κ2) is 7.44. The summed E-state index contributed by atoms with van der Waals surface area (Å²) in [5.41, 5.74) is 8.40. The number of hydrogen-bond donors (Lipinski definition) is 4. The molecule has 1 fully saturated rings. The van der Waals surface area contributed by atoms with Crippen LogP contribution in [0.4, 0.5) is 8.78 Å². The largest absolute Gasteiger partial charge is 0.366 e. The smallest absolute Gasteiger partial charge is 0.250 e. The molecule has 2 aromatic carbocycles. The molecule has 8 heteroatoms. The van der Waals surface area contributed by atoms with E-state index >= 15 is 0 Å². The van der Waals surface area contributed by atoms with Crippen LogP contribution >= 0.6 is 10.6 Å². The summed E-state index contributed by atoms with van der Waals surface area (Å²) in [6, 6.07) is 7.00. The molecule has 1 aliphatic heterocycles. The van der Waals surface area contributed by atoms with Crippen molar-refractivity contribution in [3.05, 3.63) is 59.3 Å². The Morgan fingerprint density at radius 3 is 2.59 bits per heavy atom. The third-order valence-corrected chi connectivity index (χ3v) is 7.43. The highest BCUT2D eigenvalue weighted by Crippen LogP contribution is 2.47. The molecule has 29 heavy (non-hydrogen) atoms. The summed E-state index contributed by atoms with van der Waals surface area (Å²) in [7, 11) is -2.54. The first-order valence-electron chi connectivity index (χ1n) is 9.39. The molecule has 0 aliphatic carbocycles. The van der Waals surface area contributed by atoms with Crippen LogP contribution in [0.2, 0.25) is 0 Å². The van der Waals surface area contributed by atoms with Gasteiger partial charge < -0.3 is 10.7 Å². The highest BCUT2D eigenvalue weighted by Gasteiger charge is 2.25. The van der Waals surface area contributed by atoms with Crippen LogP contribution < -0.4 is 5.73 Å². The average molecular weight is 420 g/mol. The zero-order valence-corrected chi connectivity index (χ0v) is 16.4. The second-order valence-corrected chi connectivity index (χ2v) is 9.94. The predicted molar refractivity (Wildman–Crippen MR) is 111 cm³/mol. The SMILES string of the molecule is NC(=O)c1cc(-c2ccc(F)c(F)c2)cc2c(C3CCCS(O)(O)CC3)c[nH]c12. The van der Waals surface area contributed by atoms with Crippen molar-refractivity contribution in [1.82, 2.24) is 4.98 Å². The number of halogens is 2. The maximum atomic E-state index is 13.7. The number of primary amides is 1. The summed E-state index contributed by atoms with van der Waals surface area (Å²) < 4.78 is 47.2. The predicted octanol–water partition coefficient (Wildman–Crippen LogP) is 5.23. The van der Waals surface area contributed by atoms with E-state index in [9.17, 15) is 22.7 Å². The Morgan fingerprint density at radius 2 is 1.86 bits per heavy atom. The van der Waals surface area contributed by atoms with Crippen LogP contribution in [0.3, 0.4) is 0 Å². The highest BCUT2D eigenvalue weighted by molar-refractivity contribution is 8.24. The third-order valence-electron chi connectivity index (χ3n) is 5.60. The fourth-order valence-electron chi connectivity index (χ4n) is 4.08. The number of aromatic amines is 1. The molecule has 154 valence electrons. The van der Waals surface area contributed by atoms with E-state index in [2.05, 4.69) is 4.98 Å². The molecule has 1 aliphatic rings. The molecule has 5 N–H and O–H groups in total. The van der Waals surface area contributed by atoms with Crippen molar-refractivity contribution in [3.8, 4) is 11.1 Å². The van der Waals surface area contributed by atoms with E-state index in [4.69, 9.17) is 5.73 Å². The van der Waals surface area contributed by atoms with Gasteiger partial charge in [0.25, 0.3) is 5.91 Å². The number of H-pyrrole nitrogens is 1. The van der Waals surface area contributed by atoms with Gasteiger partial charge in [0, 0.05) is 23.1 Å². The van der Waals surface area contributed by atoms with E-state index < -0.39 is 28.1 Å². The molecule has 1 saturated heterocycles. The number of nitrogens with one attached hydrogen (secondary N) is 1. The Bertz CT molecular complexity index is 1100. The minimum absolute atomic E-state index is 0.0957. The van der Waals surface area contributed by atoms with E-state index in [0.29, 0.717) is 41.0 Å². The Labute approximate surface area is 168 Å². The number of hydrogen-bond acceptors (Lipinski definition) is 3. The summed E-state index contributed by atoms with van der Waals surface area (Å²) in [6.45, 7) is 0. The van der Waals surface area contributed by atoms with Crippen LogP contribution in [-0.2, 0) is 0 Å². The van der Waals surface area contributed by atoms with Crippen LogP contribution in [0, 0.1) is 11.6 Å². The summed E-state index contributed by atoms with van der Waals surface area (Å²) in [6.07, 6.45) is 3.94. The van der Waals surface area contributed by atoms with Gasteiger partial charge in [-0.05, 0) is 66.1 Å². The van der Waals surface area contributed by atoms with Crippen LogP contribution in [0.25, 0.3) is 22.0 Å². The average Bonchev–Trinajstić information content (AvgIpc) is 3.00. The molecule has 1 unspecified atom stereocenters. The van der Waals surface area contributed by atoms with Gasteiger partial charge in [0.1, 0.15) is 0 Å². The van der Waals surface area contributed by atoms with E-state index in [0.717, 1.165) is 29.5 Å². The molecule has 1 amide bonds. The van der Waals surface area contributed by atoms with Crippen molar-refractivity contribution in [3.63, 3.8) is 0 Å². The van der Waals surface area contributed by atoms with Gasteiger partial charge >= 0.3 is 0 Å². The number of fused-ring (bicyclic) bond motifs is 1. The van der Waals surface area contributed by atoms with Crippen molar-refractivity contribution < 1.29 is 22.7 Å². The lowest BCUT2D eigenvalue weighted by Crippen LogP contribution is -2.12. The fourth-order valence-corrected chi connectivity index (χ4v) is 5.57. The molecule has 3 aromatic rings. The molecule has 0 spiro atoms. The van der Waals surface area contributed by atoms with E-state index in [1.807, 2.05) is 12.3 Å². The second-order valence-electron chi connectivity index (χ2n) is 7.52. The molecule has 0 saturated carbocycles. The van der Waals surface area contributed by atoms with Crippen molar-refractivity contribution in [2.24, 2.45) is 5.73 Å². The lowest BCUT2D eigenvalue weighted by Gasteiger charge is -2.30. The Hall–Kier alpha value is -2.42. The molecule has 1 atom stereocenters. The molecule has 2 heterocycles. The lowest BCUT2D eigenvalue weighted by molar-refractivity contribution is 0.100. The first kappa shape index (κ1) is 19.9. The molecule has 0 radical (unpaired) electrons. The molecular formula is C21H22F2N2O3S. The minimum Gasteiger partial charge on any atom is -0.366 e. The number of rotatable bonds is 3. The van der Waals surface area contributed by atoms with Crippen molar-refractivity contribution in [2.45, 2.75) is 25.2 Å². The zero-order valence-electron chi connectivity index (χ0n) is 15.6. The Balaban J connectivity index is 1.84. The summed E-state index contributed by atoms with van der Waals surface area (Å²) in [5, 5.41) is 0.782. The molecule has 5 nitrogen and oxygen atoms in total. The number of benzene rings is 2. The Kier molecular flexibility index (Phi) is 5.10. The maximum absolute atomic E-state index is 13.7. The number of aromatic nitrogens is 1. The van der Waals surface area contributed by atoms with E-state index in [1.54, 1.807) is 6.07 Å². The van der Waals surface area contributed by atoms with Crippen LogP contribution in [0.5, 0.6) is 0 Å². The third kappa shape index (κ3) is 3.88. The van der Waals surface area contributed by atoms with Gasteiger partial charge in [0.2, 0.25) is 0 Å². The van der Waals surface area contributed by atoms with Gasteiger partial charge in [-0.2, -0.15) is 10.6 Å². The maximum Gasteiger partial charge on any atom is 0.250 e. The highest BCUT2D eigenvalue weighted by atomic mass is 32.3. The molecule has 0 bridgehead atoms. The van der Waals surface area contributed by atoms with Gasteiger partial charge in [-0.15, -0.1) is 0 Å². The minimum atomic E-state index is -2.54. The first-order valence-corrected chi connectivity index (χ1v) is 11.3. The Morgan fingerprint density at radius 1 is 1.07 bits per heavy atom. The number of nitrogens with two attached hydrogens (primary N) is 1. The molecule has 1 aromatic heterocycles. The van der Waals surface area contributed by atoms with Gasteiger partial charge in [-0.3, -0.25) is 13.9 Å². The molecular weight excluding hydrogens is 398 g/mol. The number of amides is 1. The van der Waals surface area contributed by atoms with E-state index in [-0.39, 0.29) is 11.5 Å². The number of carbonyl (C=O) groups excluding carboxylic acids is 1. The van der Waals surface area contributed by atoms with Gasteiger partial charge in [0.15, 0.2) is 11.6 Å². The normalized spacial score (nSPS) is 20.3. The van der Waals surface area contributed by atoms with Gasteiger partial charge in [-0.1, -0.05) is 6.07 Å². The van der Waals surface area contributed by atoms with E-state index in [1.165, 1.54) is 6.07 Å². The van der Waals surface area contributed by atoms with Crippen molar-refractivity contribution in [1.29, 1.82) is 0 Å². The van der Waals surface area contributed by atoms with Gasteiger partial charge in [0.05, 0.1) is 11.1 Å². The first-order chi connectivity index (χ1) is 13.7. The van der Waals surface area contributed by atoms with Crippen molar-refractivity contribution >= 4 is 27.4 Å². The van der Waals surface area contributed by atoms with Crippen molar-refractivity contribution in [2.75, 3.05) is 11.5 Å². The van der Waals surface area contributed by atoms with Crippen LogP contribution in [0.1, 0.15) is 41.1 Å². The fraction of sp³-hybridized carbons (Fsp3) is 0.286. The number of carbonyl (C=O) groups is 1. The monoisotopic (exact) mass is 420 g/mol. The molecule has 4 rings (SSSR count). The standard InChI is InChI=1S/C21H22F2N2O3S/c22-18-4-3-13(10-19(18)23)14-8-15-17(11-25-20(15)16(9-14)21(24)26)12-2-1-6-29(27,28)7-5-12/h3-4,8-12,25,27-28H,1-2,5-7H2,(H2,24,26). The van der Waals surface area contributed by atoms with Crippen LogP contribution in [-0.4, -0.2) is 31.5 Å². The topological polar surface area (TPSA) is 99.3 Å². The lowest BCUT2D eigenvalue weighted by atomic mass is 9.90. The van der Waals surface area contributed by atoms with Crippen LogP contribution in [0.15, 0.2) is 36.5 Å². The summed E-state index contributed by atoms with van der Waals surface area (Å²) in [5.74, 6) is -1.69. The summed E-state index contributed by atoms with van der Waals surface area (Å²) >= 11 is 0. The summed E-state index contributed by atoms with van der Waals surface area (Å²) in [4.78, 5) is 15.2.